The minimum atomic E-state index is -0.322. The van der Waals surface area contributed by atoms with Gasteiger partial charge in [0.2, 0.25) is 0 Å². The van der Waals surface area contributed by atoms with Crippen LogP contribution in [0, 0.1) is 23.3 Å². The highest BCUT2D eigenvalue weighted by Crippen LogP contribution is 2.39. The number of nitrogens with zero attached hydrogens (tertiary/aromatic N) is 2. The Morgan fingerprint density at radius 3 is 1.00 bits per heavy atom. The number of hydrogen-bond donors (Lipinski definition) is 1. The predicted molar refractivity (Wildman–Crippen MR) is 215 cm³/mol. The fraction of sp³-hybridized carbons (Fsp3) is 0. The van der Waals surface area contributed by atoms with Crippen molar-refractivity contribution in [1.82, 2.24) is 14.1 Å². The van der Waals surface area contributed by atoms with E-state index in [4.69, 9.17) is 0 Å². The molecule has 1 N–H and O–H groups in total. The van der Waals surface area contributed by atoms with Crippen LogP contribution in [0.4, 0.5) is 17.6 Å². The number of fused-ring (bicyclic) bond motifs is 9. The van der Waals surface area contributed by atoms with Gasteiger partial charge >= 0.3 is 0 Å². The molecule has 262 valence electrons. The first-order valence-electron chi connectivity index (χ1n) is 17.9. The van der Waals surface area contributed by atoms with Crippen molar-refractivity contribution >= 4 is 65.4 Å². The lowest BCUT2D eigenvalue weighted by atomic mass is 9.98. The van der Waals surface area contributed by atoms with Gasteiger partial charge in [0.15, 0.2) is 0 Å². The van der Waals surface area contributed by atoms with Crippen molar-refractivity contribution in [3.8, 4) is 33.6 Å². The van der Waals surface area contributed by atoms with Crippen LogP contribution in [0.15, 0.2) is 158 Å². The largest absolute Gasteiger partial charge is 0.355 e. The van der Waals surface area contributed by atoms with Gasteiger partial charge in [-0.2, -0.15) is 0 Å². The molecule has 11 aromatic rings. The van der Waals surface area contributed by atoms with Crippen LogP contribution in [-0.4, -0.2) is 14.1 Å². The fourth-order valence-corrected chi connectivity index (χ4v) is 8.34. The average molecular weight is 722 g/mol. The summed E-state index contributed by atoms with van der Waals surface area (Å²) in [7, 11) is 0. The van der Waals surface area contributed by atoms with Crippen molar-refractivity contribution in [2.45, 2.75) is 0 Å². The van der Waals surface area contributed by atoms with E-state index in [1.54, 1.807) is 48.5 Å². The van der Waals surface area contributed by atoms with Gasteiger partial charge in [-0.3, -0.25) is 0 Å². The normalized spacial score (nSPS) is 12.0. The van der Waals surface area contributed by atoms with Gasteiger partial charge in [-0.25, -0.2) is 17.6 Å². The smallest absolute Gasteiger partial charge is 0.123 e. The number of rotatable bonds is 4. The quantitative estimate of drug-likeness (QED) is 0.175. The molecule has 3 heterocycles. The summed E-state index contributed by atoms with van der Waals surface area (Å²) in [6.07, 6.45) is 0. The molecule has 0 saturated carbocycles. The first kappa shape index (κ1) is 31.4. The molecule has 7 heteroatoms. The van der Waals surface area contributed by atoms with E-state index < -0.39 is 0 Å². The Hall–Kier alpha value is -7.12. The number of benzene rings is 8. The van der Waals surface area contributed by atoms with E-state index in [0.717, 1.165) is 99.0 Å². The lowest BCUT2D eigenvalue weighted by Gasteiger charge is -2.09. The van der Waals surface area contributed by atoms with Crippen LogP contribution in [0.3, 0.4) is 0 Å². The minimum Gasteiger partial charge on any atom is -0.355 e. The molecule has 0 radical (unpaired) electrons. The van der Waals surface area contributed by atoms with Crippen LogP contribution in [0.25, 0.3) is 99.0 Å². The van der Waals surface area contributed by atoms with Crippen molar-refractivity contribution in [3.63, 3.8) is 0 Å². The monoisotopic (exact) mass is 721 g/mol. The molecular formula is C48H27F4N3. The summed E-state index contributed by atoms with van der Waals surface area (Å²) in [5, 5.41) is 5.47. The summed E-state index contributed by atoms with van der Waals surface area (Å²) >= 11 is 0. The van der Waals surface area contributed by atoms with Crippen LogP contribution >= 0.6 is 0 Å². The first-order chi connectivity index (χ1) is 26.9. The lowest BCUT2D eigenvalue weighted by Crippen LogP contribution is -1.94. The van der Waals surface area contributed by atoms with Crippen LogP contribution in [0.5, 0.6) is 0 Å². The van der Waals surface area contributed by atoms with Crippen LogP contribution in [-0.2, 0) is 0 Å². The third kappa shape index (κ3) is 4.90. The molecule has 0 atom stereocenters. The molecule has 0 amide bonds. The van der Waals surface area contributed by atoms with Gasteiger partial charge in [-0.15, -0.1) is 0 Å². The molecular weight excluding hydrogens is 695 g/mol. The van der Waals surface area contributed by atoms with E-state index in [1.807, 2.05) is 21.3 Å². The summed E-state index contributed by atoms with van der Waals surface area (Å²) in [4.78, 5) is 3.56. The molecule has 0 unspecified atom stereocenters. The van der Waals surface area contributed by atoms with E-state index in [1.165, 1.54) is 36.4 Å². The molecule has 8 aromatic carbocycles. The van der Waals surface area contributed by atoms with E-state index in [9.17, 15) is 17.6 Å². The number of aromatic nitrogens is 3. The number of halogens is 4. The van der Waals surface area contributed by atoms with Gasteiger partial charge in [-0.05, 0) is 156 Å². The molecule has 0 fully saturated rings. The van der Waals surface area contributed by atoms with Gasteiger partial charge in [0, 0.05) is 54.7 Å². The Morgan fingerprint density at radius 2 is 0.600 bits per heavy atom. The summed E-state index contributed by atoms with van der Waals surface area (Å²) in [5.41, 5.74) is 11.0. The van der Waals surface area contributed by atoms with E-state index in [0.29, 0.717) is 0 Å². The summed E-state index contributed by atoms with van der Waals surface area (Å²) < 4.78 is 61.1. The highest BCUT2D eigenvalue weighted by atomic mass is 19.1. The van der Waals surface area contributed by atoms with Crippen molar-refractivity contribution in [1.29, 1.82) is 0 Å². The molecule has 3 aromatic heterocycles. The van der Waals surface area contributed by atoms with Crippen molar-refractivity contribution in [2.75, 3.05) is 0 Å². The highest BCUT2D eigenvalue weighted by molar-refractivity contribution is 6.13. The minimum absolute atomic E-state index is 0.317. The summed E-state index contributed by atoms with van der Waals surface area (Å²) in [6, 6.07) is 47.3. The molecule has 0 aliphatic heterocycles. The van der Waals surface area contributed by atoms with E-state index >= 15 is 0 Å². The van der Waals surface area contributed by atoms with E-state index in [-0.39, 0.29) is 23.3 Å². The molecule has 11 rings (SSSR count). The summed E-state index contributed by atoms with van der Waals surface area (Å²) in [5.74, 6) is -1.28. The Kier molecular flexibility index (Phi) is 6.68. The third-order valence-corrected chi connectivity index (χ3v) is 10.9. The second-order valence-corrected chi connectivity index (χ2v) is 14.1. The van der Waals surface area contributed by atoms with Crippen LogP contribution in [0.1, 0.15) is 0 Å². The molecule has 0 spiro atoms. The summed E-state index contributed by atoms with van der Waals surface area (Å²) in [6.45, 7) is 0. The van der Waals surface area contributed by atoms with Crippen molar-refractivity contribution < 1.29 is 17.6 Å². The second kappa shape index (κ2) is 11.7. The van der Waals surface area contributed by atoms with Crippen LogP contribution < -0.4 is 0 Å². The Bertz CT molecular complexity index is 3130. The van der Waals surface area contributed by atoms with Crippen molar-refractivity contribution in [3.05, 3.63) is 181 Å². The maximum Gasteiger partial charge on any atom is 0.123 e. The standard InChI is InChI=1S/C48H27F4N3/c49-31-5-11-35(12-6-31)54-45-17-3-29(23-39(45)41-25-33(51)9-19-47(41)54)27-1-15-43-37(21-27)38-22-28(2-16-44(38)53-43)30-4-18-46-40(24-30)42-26-34(52)10-20-48(42)55(46)36-13-7-32(50)8-14-36/h1-26,53H. The van der Waals surface area contributed by atoms with Crippen molar-refractivity contribution in [2.24, 2.45) is 0 Å². The van der Waals surface area contributed by atoms with Gasteiger partial charge in [0.1, 0.15) is 23.3 Å². The average Bonchev–Trinajstić information content (AvgIpc) is 3.84. The highest BCUT2D eigenvalue weighted by Gasteiger charge is 2.17. The molecule has 0 aliphatic rings. The molecule has 0 bridgehead atoms. The van der Waals surface area contributed by atoms with Gasteiger partial charge in [0.25, 0.3) is 0 Å². The van der Waals surface area contributed by atoms with E-state index in [2.05, 4.69) is 65.6 Å². The maximum absolute atomic E-state index is 14.7. The Morgan fingerprint density at radius 1 is 0.291 bits per heavy atom. The maximum atomic E-state index is 14.7. The Balaban J connectivity index is 1.04. The molecule has 0 aliphatic carbocycles. The zero-order valence-corrected chi connectivity index (χ0v) is 28.9. The number of aromatic amines is 1. The molecule has 3 nitrogen and oxygen atoms in total. The topological polar surface area (TPSA) is 25.6 Å². The van der Waals surface area contributed by atoms with Gasteiger partial charge in [0.05, 0.1) is 22.1 Å². The van der Waals surface area contributed by atoms with Gasteiger partial charge < -0.3 is 14.1 Å². The Labute approximate surface area is 310 Å². The number of hydrogen-bond acceptors (Lipinski definition) is 0. The molecule has 55 heavy (non-hydrogen) atoms. The zero-order valence-electron chi connectivity index (χ0n) is 28.9. The van der Waals surface area contributed by atoms with Crippen LogP contribution in [0.2, 0.25) is 0 Å². The van der Waals surface area contributed by atoms with Gasteiger partial charge in [-0.1, -0.05) is 24.3 Å². The molecule has 0 saturated heterocycles. The fourth-order valence-electron chi connectivity index (χ4n) is 8.34. The lowest BCUT2D eigenvalue weighted by molar-refractivity contribution is 0.627. The third-order valence-electron chi connectivity index (χ3n) is 10.9. The SMILES string of the molecule is Fc1ccc(-n2c3ccc(F)cc3c3cc(-c4ccc5[nH]c6ccc(-c7ccc8c(c7)c7cc(F)ccc7n8-c7ccc(F)cc7)cc6c5c4)ccc32)cc1. The zero-order chi connectivity index (χ0) is 36.9. The second-order valence-electron chi connectivity index (χ2n) is 14.1. The predicted octanol–water partition coefficient (Wildman–Crippen LogP) is 13.4. The number of nitrogens with one attached hydrogen (secondary N) is 1. The first-order valence-corrected chi connectivity index (χ1v) is 17.9. The number of H-pyrrole nitrogens is 1.